The maximum absolute atomic E-state index is 4.72. The molecular weight excluding hydrogens is 256 g/mol. The number of hydrogen-bond acceptors (Lipinski definition) is 4. The van der Waals surface area contributed by atoms with Crippen molar-refractivity contribution in [3.63, 3.8) is 0 Å². The number of nitrogens with zero attached hydrogens (tertiary/aromatic N) is 4. The molecule has 0 bridgehead atoms. The van der Waals surface area contributed by atoms with Crippen LogP contribution in [0, 0.1) is 6.92 Å². The Kier molecular flexibility index (Phi) is 3.39. The largest absolute Gasteiger partial charge is 0.355 e. The Morgan fingerprint density at radius 1 is 1.21 bits per heavy atom. The van der Waals surface area contributed by atoms with Crippen molar-refractivity contribution >= 4 is 23.2 Å². The van der Waals surface area contributed by atoms with Crippen LogP contribution in [0.5, 0.6) is 0 Å². The van der Waals surface area contributed by atoms with E-state index in [9.17, 15) is 0 Å². The van der Waals surface area contributed by atoms with Crippen molar-refractivity contribution in [1.29, 1.82) is 0 Å². The second kappa shape index (κ2) is 5.04. The third-order valence-electron chi connectivity index (χ3n) is 3.48. The van der Waals surface area contributed by atoms with E-state index in [1.54, 1.807) is 0 Å². The molecule has 0 N–H and O–H groups in total. The molecule has 2 aromatic heterocycles. The Bertz CT molecular complexity index is 584. The lowest BCUT2D eigenvalue weighted by Gasteiger charge is -2.29. The Morgan fingerprint density at radius 2 is 1.95 bits per heavy atom. The topological polar surface area (TPSA) is 33.4 Å². The summed E-state index contributed by atoms with van der Waals surface area (Å²) in [6.07, 6.45) is 0. The lowest BCUT2D eigenvalue weighted by Crippen LogP contribution is -2.34. The highest BCUT2D eigenvalue weighted by Gasteiger charge is 2.17. The average Bonchev–Trinajstić information content (AvgIpc) is 2.78. The minimum Gasteiger partial charge on any atom is -0.355 e. The molecular formula is C14H20N4S. The fourth-order valence-corrected chi connectivity index (χ4v) is 3.31. The molecule has 0 atom stereocenters. The predicted octanol–water partition coefficient (Wildman–Crippen LogP) is 2.71. The lowest BCUT2D eigenvalue weighted by atomic mass is 10.1. The third kappa shape index (κ3) is 2.43. The van der Waals surface area contributed by atoms with Gasteiger partial charge in [0.1, 0.15) is 5.82 Å². The quantitative estimate of drug-likeness (QED) is 0.844. The average molecular weight is 276 g/mol. The van der Waals surface area contributed by atoms with Gasteiger partial charge in [0.25, 0.3) is 0 Å². The molecule has 1 saturated heterocycles. The van der Waals surface area contributed by atoms with Crippen LogP contribution < -0.4 is 4.90 Å². The summed E-state index contributed by atoms with van der Waals surface area (Å²) in [4.78, 5) is 7.15. The first-order valence-corrected chi connectivity index (χ1v) is 8.00. The van der Waals surface area contributed by atoms with Crippen molar-refractivity contribution in [1.82, 2.24) is 14.6 Å². The van der Waals surface area contributed by atoms with E-state index in [1.807, 2.05) is 23.2 Å². The molecule has 0 amide bonds. The highest BCUT2D eigenvalue weighted by Crippen LogP contribution is 2.24. The number of aryl methyl sites for hydroxylation is 1. The number of anilines is 1. The summed E-state index contributed by atoms with van der Waals surface area (Å²) in [6, 6.07) is 4.27. The number of thioether (sulfide) groups is 1. The molecule has 0 radical (unpaired) electrons. The smallest absolute Gasteiger partial charge is 0.157 e. The molecule has 19 heavy (non-hydrogen) atoms. The molecule has 2 aromatic rings. The van der Waals surface area contributed by atoms with E-state index in [-0.39, 0.29) is 0 Å². The van der Waals surface area contributed by atoms with Gasteiger partial charge in [0.05, 0.1) is 5.69 Å². The molecule has 1 aliphatic heterocycles. The first kappa shape index (κ1) is 12.8. The maximum atomic E-state index is 4.72. The fraction of sp³-hybridized carbons (Fsp3) is 0.571. The molecule has 0 aliphatic carbocycles. The monoisotopic (exact) mass is 276 g/mol. The zero-order valence-corrected chi connectivity index (χ0v) is 12.6. The van der Waals surface area contributed by atoms with E-state index in [0.717, 1.165) is 30.1 Å². The Balaban J connectivity index is 2.13. The number of hydrogen-bond donors (Lipinski definition) is 0. The minimum atomic E-state index is 0.443. The Hall–Kier alpha value is -1.23. The normalized spacial score (nSPS) is 16.5. The van der Waals surface area contributed by atoms with E-state index >= 15 is 0 Å². The van der Waals surface area contributed by atoms with E-state index < -0.39 is 0 Å². The summed E-state index contributed by atoms with van der Waals surface area (Å²) in [5.41, 5.74) is 3.15. The van der Waals surface area contributed by atoms with Gasteiger partial charge in [0, 0.05) is 42.4 Å². The van der Waals surface area contributed by atoms with Crippen LogP contribution in [0.3, 0.4) is 0 Å². The fourth-order valence-electron chi connectivity index (χ4n) is 2.41. The molecule has 1 aliphatic rings. The van der Waals surface area contributed by atoms with Gasteiger partial charge < -0.3 is 4.90 Å². The van der Waals surface area contributed by atoms with Crippen LogP contribution in [0.4, 0.5) is 5.82 Å². The van der Waals surface area contributed by atoms with Gasteiger partial charge in [-0.1, -0.05) is 13.8 Å². The maximum Gasteiger partial charge on any atom is 0.157 e. The first-order valence-electron chi connectivity index (χ1n) is 6.85. The SMILES string of the molecule is Cc1cc2nc(C(C)C)cc(N3CCSCC3)n2n1. The summed E-state index contributed by atoms with van der Waals surface area (Å²) in [5.74, 6) is 4.03. The highest BCUT2D eigenvalue weighted by molar-refractivity contribution is 7.99. The lowest BCUT2D eigenvalue weighted by molar-refractivity contribution is 0.765. The summed E-state index contributed by atoms with van der Waals surface area (Å²) in [5, 5.41) is 4.59. The zero-order valence-electron chi connectivity index (χ0n) is 11.8. The highest BCUT2D eigenvalue weighted by atomic mass is 32.2. The molecule has 4 nitrogen and oxygen atoms in total. The third-order valence-corrected chi connectivity index (χ3v) is 4.42. The summed E-state index contributed by atoms with van der Waals surface area (Å²) in [6.45, 7) is 8.61. The first-order chi connectivity index (χ1) is 9.15. The van der Waals surface area contributed by atoms with Gasteiger partial charge in [-0.2, -0.15) is 21.4 Å². The van der Waals surface area contributed by atoms with Crippen LogP contribution in [-0.4, -0.2) is 39.2 Å². The van der Waals surface area contributed by atoms with Crippen molar-refractivity contribution in [3.05, 3.63) is 23.5 Å². The summed E-state index contributed by atoms with van der Waals surface area (Å²) < 4.78 is 2.00. The molecule has 0 unspecified atom stereocenters. The minimum absolute atomic E-state index is 0.443. The Morgan fingerprint density at radius 3 is 2.63 bits per heavy atom. The summed E-state index contributed by atoms with van der Waals surface area (Å²) >= 11 is 2.03. The van der Waals surface area contributed by atoms with Crippen molar-refractivity contribution < 1.29 is 0 Å². The molecule has 3 rings (SSSR count). The second-order valence-corrected chi connectivity index (χ2v) is 6.57. The van der Waals surface area contributed by atoms with Gasteiger partial charge in [0.2, 0.25) is 0 Å². The Labute approximate surface area is 118 Å². The van der Waals surface area contributed by atoms with Crippen molar-refractivity contribution in [2.45, 2.75) is 26.7 Å². The molecule has 0 spiro atoms. The van der Waals surface area contributed by atoms with Gasteiger partial charge in [-0.05, 0) is 12.8 Å². The molecule has 1 fully saturated rings. The molecule has 3 heterocycles. The number of aromatic nitrogens is 3. The molecule has 0 aromatic carbocycles. The van der Waals surface area contributed by atoms with Crippen LogP contribution in [0.2, 0.25) is 0 Å². The van der Waals surface area contributed by atoms with E-state index in [2.05, 4.69) is 36.0 Å². The van der Waals surface area contributed by atoms with Crippen molar-refractivity contribution in [2.75, 3.05) is 29.5 Å². The van der Waals surface area contributed by atoms with Crippen LogP contribution in [0.1, 0.15) is 31.2 Å². The second-order valence-electron chi connectivity index (χ2n) is 5.35. The van der Waals surface area contributed by atoms with Crippen LogP contribution in [-0.2, 0) is 0 Å². The van der Waals surface area contributed by atoms with Crippen molar-refractivity contribution in [3.8, 4) is 0 Å². The van der Waals surface area contributed by atoms with Crippen LogP contribution >= 0.6 is 11.8 Å². The zero-order chi connectivity index (χ0) is 13.4. The predicted molar refractivity (Wildman–Crippen MR) is 81.4 cm³/mol. The van der Waals surface area contributed by atoms with Crippen molar-refractivity contribution in [2.24, 2.45) is 0 Å². The molecule has 102 valence electrons. The van der Waals surface area contributed by atoms with Gasteiger partial charge in [-0.3, -0.25) is 0 Å². The van der Waals surface area contributed by atoms with Gasteiger partial charge >= 0.3 is 0 Å². The van der Waals surface area contributed by atoms with Gasteiger partial charge in [-0.25, -0.2) is 4.98 Å². The van der Waals surface area contributed by atoms with Crippen LogP contribution in [0.25, 0.3) is 5.65 Å². The molecule has 0 saturated carbocycles. The summed E-state index contributed by atoms with van der Waals surface area (Å²) in [7, 11) is 0. The van der Waals surface area contributed by atoms with Crippen LogP contribution in [0.15, 0.2) is 12.1 Å². The van der Waals surface area contributed by atoms with E-state index in [1.165, 1.54) is 17.3 Å². The van der Waals surface area contributed by atoms with Gasteiger partial charge in [0.15, 0.2) is 5.65 Å². The van der Waals surface area contributed by atoms with Gasteiger partial charge in [-0.15, -0.1) is 0 Å². The van der Waals surface area contributed by atoms with E-state index in [4.69, 9.17) is 4.98 Å². The standard InChI is InChI=1S/C14H20N4S/c1-10(2)12-9-14(17-4-6-19-7-5-17)18-13(15-12)8-11(3)16-18/h8-10H,4-7H2,1-3H3. The molecule has 5 heteroatoms. The number of fused-ring (bicyclic) bond motifs is 1. The van der Waals surface area contributed by atoms with E-state index in [0.29, 0.717) is 5.92 Å². The number of rotatable bonds is 2.